The number of ether oxygens (including phenoxy) is 1. The van der Waals surface area contributed by atoms with Gasteiger partial charge in [-0.2, -0.15) is 5.26 Å². The number of nitriles is 1. The Morgan fingerprint density at radius 2 is 1.30 bits per heavy atom. The Balaban J connectivity index is 0.000000376. The molecule has 2 rings (SSSR count). The molecule has 0 aliphatic rings. The zero-order valence-corrected chi connectivity index (χ0v) is 14.7. The van der Waals surface area contributed by atoms with E-state index in [0.717, 1.165) is 0 Å². The molecule has 27 heavy (non-hydrogen) atoms. The van der Waals surface area contributed by atoms with E-state index in [2.05, 4.69) is 11.3 Å². The lowest BCUT2D eigenvalue weighted by Crippen LogP contribution is -2.04. The number of carbonyl (C=O) groups is 3. The van der Waals surface area contributed by atoms with E-state index in [1.54, 1.807) is 73.7 Å². The molecule has 0 atom stereocenters. The first-order valence-corrected chi connectivity index (χ1v) is 7.66. The Bertz CT molecular complexity index is 745. The van der Waals surface area contributed by atoms with Crippen molar-refractivity contribution in [3.8, 4) is 6.07 Å². The summed E-state index contributed by atoms with van der Waals surface area (Å²) in [4.78, 5) is 30.8. The molecule has 0 heterocycles. The molecule has 0 saturated heterocycles. The summed E-state index contributed by atoms with van der Waals surface area (Å²) in [6.45, 7) is 5.10. The highest BCUT2D eigenvalue weighted by Crippen LogP contribution is 1.96. The number of aromatic carboxylic acids is 2. The molecule has 0 unspecified atom stereocenters. The van der Waals surface area contributed by atoms with Crippen LogP contribution in [0.3, 0.4) is 0 Å². The van der Waals surface area contributed by atoms with Crippen molar-refractivity contribution in [2.45, 2.75) is 6.92 Å². The lowest BCUT2D eigenvalue weighted by atomic mass is 10.2. The van der Waals surface area contributed by atoms with Gasteiger partial charge in [-0.3, -0.25) is 0 Å². The van der Waals surface area contributed by atoms with E-state index >= 15 is 0 Å². The summed E-state index contributed by atoms with van der Waals surface area (Å²) in [5, 5.41) is 24.9. The Morgan fingerprint density at radius 3 is 1.52 bits per heavy atom. The van der Waals surface area contributed by atoms with Crippen LogP contribution in [0.1, 0.15) is 27.6 Å². The summed E-state index contributed by atoms with van der Waals surface area (Å²) in [7, 11) is 0. The van der Waals surface area contributed by atoms with Gasteiger partial charge in [0.2, 0.25) is 0 Å². The number of carbonyl (C=O) groups excluding carboxylic acids is 1. The van der Waals surface area contributed by atoms with Crippen LogP contribution >= 0.6 is 0 Å². The van der Waals surface area contributed by atoms with Crippen molar-refractivity contribution in [3.63, 3.8) is 0 Å². The van der Waals surface area contributed by atoms with Gasteiger partial charge < -0.3 is 14.9 Å². The van der Waals surface area contributed by atoms with Crippen molar-refractivity contribution in [1.82, 2.24) is 0 Å². The van der Waals surface area contributed by atoms with Crippen molar-refractivity contribution in [2.75, 3.05) is 6.61 Å². The van der Waals surface area contributed by atoms with Crippen LogP contribution in [-0.2, 0) is 9.53 Å². The molecule has 0 aliphatic heterocycles. The van der Waals surface area contributed by atoms with Crippen LogP contribution in [0.5, 0.6) is 0 Å². The van der Waals surface area contributed by atoms with Gasteiger partial charge in [-0.05, 0) is 31.2 Å². The number of benzene rings is 2. The fourth-order valence-electron chi connectivity index (χ4n) is 1.43. The Labute approximate surface area is 156 Å². The number of esters is 1. The van der Waals surface area contributed by atoms with Gasteiger partial charge in [0.25, 0.3) is 0 Å². The lowest BCUT2D eigenvalue weighted by Gasteiger charge is -1.95. The van der Waals surface area contributed by atoms with Crippen LogP contribution in [0.25, 0.3) is 0 Å². The van der Waals surface area contributed by atoms with E-state index in [1.165, 1.54) is 0 Å². The number of carboxylic acid groups (broad SMARTS) is 2. The molecule has 0 aliphatic carbocycles. The molecule has 2 aromatic rings. The van der Waals surface area contributed by atoms with Crippen LogP contribution in [-0.4, -0.2) is 34.7 Å². The van der Waals surface area contributed by atoms with Crippen LogP contribution in [0, 0.1) is 11.3 Å². The van der Waals surface area contributed by atoms with E-state index in [1.807, 2.05) is 0 Å². The maximum atomic E-state index is 10.4. The van der Waals surface area contributed by atoms with E-state index in [9.17, 15) is 14.4 Å². The fourth-order valence-corrected chi connectivity index (χ4v) is 1.43. The van der Waals surface area contributed by atoms with E-state index in [4.69, 9.17) is 15.5 Å². The summed E-state index contributed by atoms with van der Waals surface area (Å²) in [6, 6.07) is 18.2. The summed E-state index contributed by atoms with van der Waals surface area (Å²) >= 11 is 0. The SMILES string of the molecule is C=C(C#N)C(=O)OCC.O=C(O)c1ccccc1.O=C(O)c1ccccc1. The Kier molecular flexibility index (Phi) is 11.4. The topological polar surface area (TPSA) is 125 Å². The molecule has 7 nitrogen and oxygen atoms in total. The molecular formula is C20H19NO6. The fraction of sp³-hybridized carbons (Fsp3) is 0.100. The monoisotopic (exact) mass is 369 g/mol. The molecule has 0 spiro atoms. The quantitative estimate of drug-likeness (QED) is 0.481. The first-order chi connectivity index (χ1) is 12.8. The summed E-state index contributed by atoms with van der Waals surface area (Å²) in [5.74, 6) is -2.40. The molecule has 0 radical (unpaired) electrons. The minimum atomic E-state index is -0.879. The zero-order valence-electron chi connectivity index (χ0n) is 14.7. The van der Waals surface area contributed by atoms with Gasteiger partial charge in [-0.1, -0.05) is 43.0 Å². The van der Waals surface area contributed by atoms with Crippen LogP contribution in [0.2, 0.25) is 0 Å². The van der Waals surface area contributed by atoms with Gasteiger partial charge >= 0.3 is 17.9 Å². The highest BCUT2D eigenvalue weighted by molar-refractivity contribution is 5.91. The normalized spacial score (nSPS) is 8.44. The average molecular weight is 369 g/mol. The van der Waals surface area contributed by atoms with Crippen molar-refractivity contribution in [3.05, 3.63) is 83.9 Å². The molecule has 2 aromatic carbocycles. The van der Waals surface area contributed by atoms with Crippen molar-refractivity contribution < 1.29 is 29.3 Å². The maximum absolute atomic E-state index is 10.4. The highest BCUT2D eigenvalue weighted by atomic mass is 16.5. The molecule has 7 heteroatoms. The molecule has 0 aromatic heterocycles. The minimum Gasteiger partial charge on any atom is -0.478 e. The van der Waals surface area contributed by atoms with Gasteiger partial charge in [0.05, 0.1) is 17.7 Å². The molecule has 140 valence electrons. The molecule has 0 fully saturated rings. The van der Waals surface area contributed by atoms with Gasteiger partial charge in [-0.25, -0.2) is 14.4 Å². The van der Waals surface area contributed by atoms with Crippen LogP contribution < -0.4 is 0 Å². The first-order valence-electron chi connectivity index (χ1n) is 7.66. The zero-order chi connectivity index (χ0) is 20.7. The van der Waals surface area contributed by atoms with E-state index < -0.39 is 17.9 Å². The number of hydrogen-bond acceptors (Lipinski definition) is 5. The molecule has 0 bridgehead atoms. The second kappa shape index (κ2) is 13.4. The highest BCUT2D eigenvalue weighted by Gasteiger charge is 2.04. The van der Waals surface area contributed by atoms with Gasteiger partial charge in [-0.15, -0.1) is 0 Å². The molecular weight excluding hydrogens is 350 g/mol. The molecule has 2 N–H and O–H groups in total. The van der Waals surface area contributed by atoms with Crippen molar-refractivity contribution in [2.24, 2.45) is 0 Å². The third-order valence-electron chi connectivity index (χ3n) is 2.70. The number of rotatable bonds is 4. The summed E-state index contributed by atoms with van der Waals surface area (Å²) in [6.07, 6.45) is 0. The number of nitrogens with zero attached hydrogens (tertiary/aromatic N) is 1. The van der Waals surface area contributed by atoms with Gasteiger partial charge in [0.15, 0.2) is 0 Å². The van der Waals surface area contributed by atoms with Gasteiger partial charge in [0, 0.05) is 0 Å². The Hall–Kier alpha value is -3.92. The predicted octanol–water partition coefficient (Wildman–Crippen LogP) is 3.40. The second-order valence-electron chi connectivity index (χ2n) is 4.65. The average Bonchev–Trinajstić information content (AvgIpc) is 2.69. The number of carboxylic acids is 2. The standard InChI is InChI=1S/2C7H6O2.C6H7NO2/c2*8-7(9)6-4-2-1-3-5-6;1-3-9-6(8)5(2)4-7/h2*1-5H,(H,8,9);2-3H2,1H3. The Morgan fingerprint density at radius 1 is 0.926 bits per heavy atom. The van der Waals surface area contributed by atoms with Crippen LogP contribution in [0.4, 0.5) is 0 Å². The van der Waals surface area contributed by atoms with Gasteiger partial charge in [0.1, 0.15) is 11.6 Å². The molecule has 0 saturated carbocycles. The molecule has 0 amide bonds. The summed E-state index contributed by atoms with van der Waals surface area (Å²) < 4.78 is 4.43. The van der Waals surface area contributed by atoms with Crippen molar-refractivity contribution in [1.29, 1.82) is 5.26 Å². The number of hydrogen-bond donors (Lipinski definition) is 2. The van der Waals surface area contributed by atoms with E-state index in [-0.39, 0.29) is 12.2 Å². The minimum absolute atomic E-state index is 0.156. The summed E-state index contributed by atoms with van der Waals surface area (Å²) in [5.41, 5.74) is 0.506. The third kappa shape index (κ3) is 10.5. The third-order valence-corrected chi connectivity index (χ3v) is 2.70. The second-order valence-corrected chi connectivity index (χ2v) is 4.65. The largest absolute Gasteiger partial charge is 0.478 e. The van der Waals surface area contributed by atoms with E-state index in [0.29, 0.717) is 11.1 Å². The van der Waals surface area contributed by atoms with Crippen LogP contribution in [0.15, 0.2) is 72.8 Å². The smallest absolute Gasteiger partial charge is 0.348 e. The first kappa shape index (κ1) is 23.1. The van der Waals surface area contributed by atoms with Crippen molar-refractivity contribution >= 4 is 17.9 Å². The predicted molar refractivity (Wildman–Crippen MR) is 98.2 cm³/mol. The lowest BCUT2D eigenvalue weighted by molar-refractivity contribution is -0.137. The maximum Gasteiger partial charge on any atom is 0.348 e.